The van der Waals surface area contributed by atoms with Gasteiger partial charge in [-0.05, 0) is 45.4 Å². The summed E-state index contributed by atoms with van der Waals surface area (Å²) >= 11 is 0. The highest BCUT2D eigenvalue weighted by Crippen LogP contribution is 2.28. The Morgan fingerprint density at radius 2 is 1.80 bits per heavy atom. The van der Waals surface area contributed by atoms with E-state index in [4.69, 9.17) is 4.74 Å². The first-order valence-corrected chi connectivity index (χ1v) is 9.35. The van der Waals surface area contributed by atoms with Crippen molar-refractivity contribution < 1.29 is 27.9 Å². The first-order chi connectivity index (χ1) is 11.3. The topological polar surface area (TPSA) is 110 Å². The van der Waals surface area contributed by atoms with E-state index in [0.717, 1.165) is 0 Å². The second-order valence-corrected chi connectivity index (χ2v) is 9.80. The summed E-state index contributed by atoms with van der Waals surface area (Å²) in [5.41, 5.74) is -0.763. The van der Waals surface area contributed by atoms with Crippen LogP contribution < -0.4 is 10.1 Å². The Balaban J connectivity index is 3.15. The first-order valence-electron chi connectivity index (χ1n) is 7.70. The number of ether oxygens (including phenoxy) is 1. The molecular formula is C17H25NO6S. The number of carbonyl (C=O) groups is 2. The maximum atomic E-state index is 12.3. The molecule has 1 aromatic rings. The molecule has 0 heterocycles. The van der Waals surface area contributed by atoms with Gasteiger partial charge in [-0.3, -0.25) is 9.59 Å². The van der Waals surface area contributed by atoms with E-state index in [1.54, 1.807) is 24.3 Å². The van der Waals surface area contributed by atoms with Crippen molar-refractivity contribution in [2.45, 2.75) is 44.4 Å². The van der Waals surface area contributed by atoms with Gasteiger partial charge >= 0.3 is 5.97 Å². The Morgan fingerprint density at radius 3 is 2.28 bits per heavy atom. The number of methoxy groups -OCH3 is 1. The largest absolute Gasteiger partial charge is 0.497 e. The van der Waals surface area contributed by atoms with E-state index < -0.39 is 44.2 Å². The van der Waals surface area contributed by atoms with Crippen LogP contribution in [0.3, 0.4) is 0 Å². The maximum absolute atomic E-state index is 12.3. The van der Waals surface area contributed by atoms with Gasteiger partial charge in [-0.2, -0.15) is 0 Å². The molecular weight excluding hydrogens is 346 g/mol. The van der Waals surface area contributed by atoms with Crippen molar-refractivity contribution in [3.05, 3.63) is 29.8 Å². The molecule has 1 amide bonds. The summed E-state index contributed by atoms with van der Waals surface area (Å²) in [5.74, 6) is -2.08. The SMILES string of the molecule is COc1cccc(C(C)(CC(=O)O)NC(=O)CS(=O)(=O)C(C)(C)C)c1. The third-order valence-corrected chi connectivity index (χ3v) is 6.39. The molecule has 0 aliphatic carbocycles. The molecule has 7 nitrogen and oxygen atoms in total. The number of rotatable bonds is 7. The zero-order valence-electron chi connectivity index (χ0n) is 15.1. The van der Waals surface area contributed by atoms with E-state index in [0.29, 0.717) is 11.3 Å². The van der Waals surface area contributed by atoms with Crippen LogP contribution in [-0.2, 0) is 25.0 Å². The highest BCUT2D eigenvalue weighted by molar-refractivity contribution is 7.93. The minimum absolute atomic E-state index is 0.401. The van der Waals surface area contributed by atoms with Gasteiger partial charge in [-0.1, -0.05) is 12.1 Å². The summed E-state index contributed by atoms with van der Waals surface area (Å²) in [4.78, 5) is 23.6. The van der Waals surface area contributed by atoms with Crippen molar-refractivity contribution in [2.75, 3.05) is 12.9 Å². The fourth-order valence-corrected chi connectivity index (χ4v) is 3.07. The molecule has 0 bridgehead atoms. The number of hydrogen-bond acceptors (Lipinski definition) is 5. The molecule has 0 aromatic heterocycles. The Labute approximate surface area is 148 Å². The lowest BCUT2D eigenvalue weighted by molar-refractivity contribution is -0.139. The van der Waals surface area contributed by atoms with Crippen LogP contribution >= 0.6 is 0 Å². The van der Waals surface area contributed by atoms with Crippen LogP contribution in [0.25, 0.3) is 0 Å². The van der Waals surface area contributed by atoms with Gasteiger partial charge in [0.25, 0.3) is 0 Å². The number of benzene rings is 1. The van der Waals surface area contributed by atoms with E-state index in [-0.39, 0.29) is 0 Å². The summed E-state index contributed by atoms with van der Waals surface area (Å²) < 4.78 is 28.5. The fraction of sp³-hybridized carbons (Fsp3) is 0.529. The molecule has 0 fully saturated rings. The molecule has 140 valence electrons. The van der Waals surface area contributed by atoms with Crippen LogP contribution in [0, 0.1) is 0 Å². The Hall–Kier alpha value is -2.09. The van der Waals surface area contributed by atoms with E-state index in [1.807, 2.05) is 0 Å². The molecule has 1 rings (SSSR count). The first kappa shape index (κ1) is 21.0. The fourth-order valence-electron chi connectivity index (χ4n) is 2.22. The van der Waals surface area contributed by atoms with Gasteiger partial charge in [0.05, 0.1) is 23.8 Å². The van der Waals surface area contributed by atoms with Crippen molar-refractivity contribution in [3.63, 3.8) is 0 Å². The number of carboxylic acid groups (broad SMARTS) is 1. The molecule has 0 saturated heterocycles. The van der Waals surface area contributed by atoms with Crippen LogP contribution in [-0.4, -0.2) is 43.0 Å². The number of amides is 1. The van der Waals surface area contributed by atoms with Gasteiger partial charge < -0.3 is 15.2 Å². The summed E-state index contributed by atoms with van der Waals surface area (Å²) in [6.07, 6.45) is -0.401. The highest BCUT2D eigenvalue weighted by atomic mass is 32.2. The monoisotopic (exact) mass is 371 g/mol. The minimum atomic E-state index is -3.68. The van der Waals surface area contributed by atoms with Gasteiger partial charge in [-0.25, -0.2) is 8.42 Å². The number of sulfone groups is 1. The van der Waals surface area contributed by atoms with Gasteiger partial charge in [0, 0.05) is 0 Å². The molecule has 1 aromatic carbocycles. The molecule has 0 aliphatic rings. The summed E-state index contributed by atoms with van der Waals surface area (Å²) in [6, 6.07) is 6.63. The summed E-state index contributed by atoms with van der Waals surface area (Å²) in [5, 5.41) is 11.8. The van der Waals surface area contributed by atoms with Gasteiger partial charge in [0.15, 0.2) is 9.84 Å². The molecule has 0 aliphatic heterocycles. The maximum Gasteiger partial charge on any atom is 0.306 e. The minimum Gasteiger partial charge on any atom is -0.497 e. The lowest BCUT2D eigenvalue weighted by Gasteiger charge is -2.31. The van der Waals surface area contributed by atoms with Crippen LogP contribution in [0.4, 0.5) is 0 Å². The second kappa shape index (κ2) is 7.43. The molecule has 1 unspecified atom stereocenters. The van der Waals surface area contributed by atoms with Crippen LogP contribution in [0.2, 0.25) is 0 Å². The number of hydrogen-bond donors (Lipinski definition) is 2. The van der Waals surface area contributed by atoms with Crippen molar-refractivity contribution >= 4 is 21.7 Å². The van der Waals surface area contributed by atoms with Crippen LogP contribution in [0.5, 0.6) is 5.75 Å². The number of nitrogens with one attached hydrogen (secondary N) is 1. The standard InChI is InChI=1S/C17H25NO6S/c1-16(2,3)25(22,23)11-14(19)18-17(4,10-15(20)21)12-7-6-8-13(9-12)24-5/h6-9H,10-11H2,1-5H3,(H,18,19)(H,20,21). The van der Waals surface area contributed by atoms with E-state index in [1.165, 1.54) is 34.8 Å². The second-order valence-electron chi connectivity index (χ2n) is 7.05. The molecule has 2 N–H and O–H groups in total. The van der Waals surface area contributed by atoms with Crippen LogP contribution in [0.1, 0.15) is 39.7 Å². The third kappa shape index (κ3) is 5.45. The van der Waals surface area contributed by atoms with Crippen molar-refractivity contribution in [3.8, 4) is 5.75 Å². The zero-order valence-corrected chi connectivity index (χ0v) is 15.9. The average Bonchev–Trinajstić information content (AvgIpc) is 2.44. The average molecular weight is 371 g/mol. The van der Waals surface area contributed by atoms with Crippen molar-refractivity contribution in [1.82, 2.24) is 5.32 Å². The van der Waals surface area contributed by atoms with Crippen molar-refractivity contribution in [2.24, 2.45) is 0 Å². The predicted octanol–water partition coefficient (Wildman–Crippen LogP) is 1.71. The molecule has 1 atom stereocenters. The van der Waals surface area contributed by atoms with E-state index in [2.05, 4.69) is 5.32 Å². The number of carbonyl (C=O) groups excluding carboxylic acids is 1. The molecule has 0 spiro atoms. The smallest absolute Gasteiger partial charge is 0.306 e. The highest BCUT2D eigenvalue weighted by Gasteiger charge is 2.36. The Kier molecular flexibility index (Phi) is 6.23. The molecule has 0 radical (unpaired) electrons. The lowest BCUT2D eigenvalue weighted by Crippen LogP contribution is -2.48. The van der Waals surface area contributed by atoms with Crippen molar-refractivity contribution in [1.29, 1.82) is 0 Å². The van der Waals surface area contributed by atoms with Gasteiger partial charge in [0.2, 0.25) is 5.91 Å². The number of aliphatic carboxylic acids is 1. The Morgan fingerprint density at radius 1 is 1.20 bits per heavy atom. The summed E-state index contributed by atoms with van der Waals surface area (Å²) in [7, 11) is -2.20. The van der Waals surface area contributed by atoms with Gasteiger partial charge in [-0.15, -0.1) is 0 Å². The lowest BCUT2D eigenvalue weighted by atomic mass is 9.88. The summed E-state index contributed by atoms with van der Waals surface area (Å²) in [6.45, 7) is 6.06. The third-order valence-electron chi connectivity index (χ3n) is 3.88. The zero-order chi connectivity index (χ0) is 19.5. The van der Waals surface area contributed by atoms with E-state index in [9.17, 15) is 23.1 Å². The quantitative estimate of drug-likeness (QED) is 0.755. The molecule has 25 heavy (non-hydrogen) atoms. The molecule has 8 heteroatoms. The normalized spacial score (nSPS) is 14.4. The predicted molar refractivity (Wildman–Crippen MR) is 94.3 cm³/mol. The van der Waals surface area contributed by atoms with Crippen LogP contribution in [0.15, 0.2) is 24.3 Å². The van der Waals surface area contributed by atoms with Gasteiger partial charge in [0.1, 0.15) is 11.5 Å². The number of carboxylic acids is 1. The van der Waals surface area contributed by atoms with E-state index >= 15 is 0 Å². The molecule has 0 saturated carbocycles. The Bertz CT molecular complexity index is 751.